The first kappa shape index (κ1) is 13.0. The van der Waals surface area contributed by atoms with Gasteiger partial charge in [0.15, 0.2) is 0 Å². The quantitative estimate of drug-likeness (QED) is 0.844. The van der Waals surface area contributed by atoms with Gasteiger partial charge in [-0.1, -0.05) is 17.7 Å². The number of benzene rings is 1. The van der Waals surface area contributed by atoms with Gasteiger partial charge in [-0.2, -0.15) is 0 Å². The number of rotatable bonds is 3. The smallest absolute Gasteiger partial charge is 0.320 e. The molecule has 0 bridgehead atoms. The molecular formula is C13H17ClN2O2. The zero-order valence-corrected chi connectivity index (χ0v) is 11.6. The second-order valence-electron chi connectivity index (χ2n) is 4.34. The number of carbonyl (C=O) groups excluding carboxylic acids is 1. The summed E-state index contributed by atoms with van der Waals surface area (Å²) in [4.78, 5) is 15.5. The lowest BCUT2D eigenvalue weighted by Crippen LogP contribution is -2.29. The van der Waals surface area contributed by atoms with Crippen molar-refractivity contribution in [2.75, 3.05) is 27.2 Å². The van der Waals surface area contributed by atoms with Gasteiger partial charge < -0.3 is 14.5 Å². The highest BCUT2D eigenvalue weighted by atomic mass is 35.5. The van der Waals surface area contributed by atoms with Crippen LogP contribution >= 0.6 is 11.6 Å². The minimum Gasteiger partial charge on any atom is -0.495 e. The molecule has 1 fully saturated rings. The summed E-state index contributed by atoms with van der Waals surface area (Å²) in [6.45, 7) is 3.41. The molecule has 1 heterocycles. The average molecular weight is 269 g/mol. The first-order valence-electron chi connectivity index (χ1n) is 5.93. The fraction of sp³-hybridized carbons (Fsp3) is 0.462. The molecule has 1 aromatic rings. The Morgan fingerprint density at radius 2 is 2.22 bits per heavy atom. The molecular weight excluding hydrogens is 252 g/mol. The fourth-order valence-electron chi connectivity index (χ4n) is 2.25. The van der Waals surface area contributed by atoms with E-state index in [1.54, 1.807) is 12.0 Å². The van der Waals surface area contributed by atoms with Crippen LogP contribution in [0.2, 0.25) is 5.02 Å². The Morgan fingerprint density at radius 1 is 1.50 bits per heavy atom. The van der Waals surface area contributed by atoms with Crippen molar-refractivity contribution in [2.24, 2.45) is 0 Å². The van der Waals surface area contributed by atoms with Gasteiger partial charge in [-0.05, 0) is 24.6 Å². The molecule has 1 aliphatic rings. The minimum atomic E-state index is 0.0563. The molecule has 0 spiro atoms. The van der Waals surface area contributed by atoms with Crippen LogP contribution in [0.25, 0.3) is 0 Å². The number of urea groups is 1. The topological polar surface area (TPSA) is 32.8 Å². The third-order valence-corrected chi connectivity index (χ3v) is 3.67. The molecule has 98 valence electrons. The second kappa shape index (κ2) is 5.06. The van der Waals surface area contributed by atoms with Crippen molar-refractivity contribution in [3.63, 3.8) is 0 Å². The third kappa shape index (κ3) is 2.12. The lowest BCUT2D eigenvalue weighted by atomic mass is 10.1. The maximum absolute atomic E-state index is 11.9. The SMILES string of the molecule is CCN1CC(c2ccc(OC)c(Cl)c2)N(C)C1=O. The summed E-state index contributed by atoms with van der Waals surface area (Å²) in [5, 5.41) is 0.575. The number of carbonyl (C=O) groups is 1. The fourth-order valence-corrected chi connectivity index (χ4v) is 2.52. The van der Waals surface area contributed by atoms with E-state index in [2.05, 4.69) is 0 Å². The molecule has 0 N–H and O–H groups in total. The number of hydrogen-bond donors (Lipinski definition) is 0. The van der Waals surface area contributed by atoms with E-state index in [0.717, 1.165) is 12.1 Å². The number of hydrogen-bond acceptors (Lipinski definition) is 2. The van der Waals surface area contributed by atoms with Gasteiger partial charge in [0.05, 0.1) is 18.2 Å². The summed E-state index contributed by atoms with van der Waals surface area (Å²) in [6, 6.07) is 5.78. The molecule has 1 unspecified atom stereocenters. The predicted molar refractivity (Wildman–Crippen MR) is 71.2 cm³/mol. The molecule has 18 heavy (non-hydrogen) atoms. The first-order chi connectivity index (χ1) is 8.58. The van der Waals surface area contributed by atoms with Crippen molar-refractivity contribution < 1.29 is 9.53 Å². The molecule has 0 aliphatic carbocycles. The third-order valence-electron chi connectivity index (χ3n) is 3.38. The van der Waals surface area contributed by atoms with Gasteiger partial charge >= 0.3 is 6.03 Å². The van der Waals surface area contributed by atoms with Crippen molar-refractivity contribution >= 4 is 17.6 Å². The van der Waals surface area contributed by atoms with Crippen molar-refractivity contribution in [1.82, 2.24) is 9.80 Å². The number of likely N-dealkylation sites (N-methyl/N-ethyl adjacent to an activating group) is 2. The summed E-state index contributed by atoms with van der Waals surface area (Å²) >= 11 is 6.12. The Kier molecular flexibility index (Phi) is 3.66. The van der Waals surface area contributed by atoms with Gasteiger partial charge in [0.2, 0.25) is 0 Å². The van der Waals surface area contributed by atoms with E-state index in [4.69, 9.17) is 16.3 Å². The maximum atomic E-state index is 11.9. The van der Waals surface area contributed by atoms with Gasteiger partial charge in [0, 0.05) is 20.1 Å². The highest BCUT2D eigenvalue weighted by molar-refractivity contribution is 6.32. The van der Waals surface area contributed by atoms with E-state index in [1.807, 2.05) is 37.1 Å². The van der Waals surface area contributed by atoms with Gasteiger partial charge in [-0.25, -0.2) is 4.79 Å². The number of amides is 2. The zero-order chi connectivity index (χ0) is 13.3. The van der Waals surface area contributed by atoms with Gasteiger partial charge in [-0.3, -0.25) is 0 Å². The van der Waals surface area contributed by atoms with Gasteiger partial charge in [0.1, 0.15) is 5.75 Å². The van der Waals surface area contributed by atoms with Gasteiger partial charge in [-0.15, -0.1) is 0 Å². The Labute approximate surface area is 112 Å². The van der Waals surface area contributed by atoms with Crippen LogP contribution < -0.4 is 4.74 Å². The van der Waals surface area contributed by atoms with Crippen molar-refractivity contribution in [2.45, 2.75) is 13.0 Å². The predicted octanol–water partition coefficient (Wildman–Crippen LogP) is 2.78. The van der Waals surface area contributed by atoms with E-state index in [9.17, 15) is 4.79 Å². The Hall–Kier alpha value is -1.42. The molecule has 0 radical (unpaired) electrons. The highest BCUT2D eigenvalue weighted by Gasteiger charge is 2.34. The maximum Gasteiger partial charge on any atom is 0.320 e. The molecule has 2 amide bonds. The summed E-state index contributed by atoms with van der Waals surface area (Å²) in [6.07, 6.45) is 0. The molecule has 5 heteroatoms. The normalized spacial score (nSPS) is 19.6. The molecule has 0 aromatic heterocycles. The molecule has 1 atom stereocenters. The lowest BCUT2D eigenvalue weighted by Gasteiger charge is -2.18. The van der Waals surface area contributed by atoms with Crippen LogP contribution in [0.1, 0.15) is 18.5 Å². The molecule has 1 aromatic carbocycles. The number of ether oxygens (including phenoxy) is 1. The monoisotopic (exact) mass is 268 g/mol. The first-order valence-corrected chi connectivity index (χ1v) is 6.31. The van der Waals surface area contributed by atoms with E-state index in [0.29, 0.717) is 17.3 Å². The Bertz CT molecular complexity index is 464. The molecule has 0 saturated carbocycles. The highest BCUT2D eigenvalue weighted by Crippen LogP contribution is 2.32. The summed E-state index contributed by atoms with van der Waals surface area (Å²) < 4.78 is 5.13. The van der Waals surface area contributed by atoms with Crippen LogP contribution in [0.4, 0.5) is 4.79 Å². The molecule has 1 aliphatic heterocycles. The molecule has 4 nitrogen and oxygen atoms in total. The van der Waals surface area contributed by atoms with E-state index in [1.165, 1.54) is 0 Å². The van der Waals surface area contributed by atoms with Crippen molar-refractivity contribution in [1.29, 1.82) is 0 Å². The van der Waals surface area contributed by atoms with Crippen LogP contribution in [-0.4, -0.2) is 43.1 Å². The van der Waals surface area contributed by atoms with Crippen LogP contribution in [0.3, 0.4) is 0 Å². The standard InChI is InChI=1S/C13H17ClN2O2/c1-4-16-8-11(15(2)13(16)17)9-5-6-12(18-3)10(14)7-9/h5-7,11H,4,8H2,1-3H3. The number of methoxy groups -OCH3 is 1. The van der Waals surface area contributed by atoms with Gasteiger partial charge in [0.25, 0.3) is 0 Å². The number of nitrogens with zero attached hydrogens (tertiary/aromatic N) is 2. The summed E-state index contributed by atoms with van der Waals surface area (Å²) in [7, 11) is 3.41. The molecule has 2 rings (SSSR count). The molecule has 1 saturated heterocycles. The summed E-state index contributed by atoms with van der Waals surface area (Å²) in [5.41, 5.74) is 1.03. The van der Waals surface area contributed by atoms with Crippen LogP contribution in [0.5, 0.6) is 5.75 Å². The van der Waals surface area contributed by atoms with E-state index >= 15 is 0 Å². The number of halogens is 1. The van der Waals surface area contributed by atoms with Crippen LogP contribution in [0.15, 0.2) is 18.2 Å². The largest absolute Gasteiger partial charge is 0.495 e. The van der Waals surface area contributed by atoms with Crippen LogP contribution in [-0.2, 0) is 0 Å². The Morgan fingerprint density at radius 3 is 2.72 bits per heavy atom. The summed E-state index contributed by atoms with van der Waals surface area (Å²) in [5.74, 6) is 0.653. The Balaban J connectivity index is 2.27. The van der Waals surface area contributed by atoms with Crippen molar-refractivity contribution in [3.8, 4) is 5.75 Å². The lowest BCUT2D eigenvalue weighted by molar-refractivity contribution is 0.197. The average Bonchev–Trinajstić information content (AvgIpc) is 2.66. The second-order valence-corrected chi connectivity index (χ2v) is 4.75. The van der Waals surface area contributed by atoms with Crippen LogP contribution in [0, 0.1) is 0 Å². The van der Waals surface area contributed by atoms with E-state index in [-0.39, 0.29) is 12.1 Å². The zero-order valence-electron chi connectivity index (χ0n) is 10.8. The van der Waals surface area contributed by atoms with E-state index < -0.39 is 0 Å². The van der Waals surface area contributed by atoms with Crippen molar-refractivity contribution in [3.05, 3.63) is 28.8 Å². The minimum absolute atomic E-state index is 0.0563.